The fraction of sp³-hybridized carbons (Fsp3) is 0.0714. The van der Waals surface area contributed by atoms with Crippen LogP contribution >= 0.6 is 39.0 Å². The van der Waals surface area contributed by atoms with Gasteiger partial charge in [0.1, 0.15) is 0 Å². The minimum atomic E-state index is -0.169. The van der Waals surface area contributed by atoms with Gasteiger partial charge in [-0.15, -0.1) is 11.3 Å². The van der Waals surface area contributed by atoms with E-state index in [1.807, 2.05) is 36.4 Å². The van der Waals surface area contributed by atoms with Gasteiger partial charge in [0.2, 0.25) is 0 Å². The predicted molar refractivity (Wildman–Crippen MR) is 94.6 cm³/mol. The van der Waals surface area contributed by atoms with Crippen molar-refractivity contribution >= 4 is 62.2 Å². The number of hydrazone groups is 1. The van der Waals surface area contributed by atoms with Crippen LogP contribution in [0.15, 0.2) is 50.4 Å². The fourth-order valence-electron chi connectivity index (χ4n) is 1.73. The van der Waals surface area contributed by atoms with Gasteiger partial charge < -0.3 is 4.98 Å². The molecule has 0 radical (unpaired) electrons. The molecule has 1 amide bonds. The van der Waals surface area contributed by atoms with Crippen LogP contribution in [0, 0.1) is 0 Å². The first-order valence-electron chi connectivity index (χ1n) is 6.35. The van der Waals surface area contributed by atoms with E-state index in [9.17, 15) is 4.79 Å². The summed E-state index contributed by atoms with van der Waals surface area (Å²) in [6.07, 6.45) is 1.62. The number of carbonyl (C=O) groups excluding carboxylic acids is 1. The number of H-pyrrole nitrogens is 1. The van der Waals surface area contributed by atoms with Crippen LogP contribution < -0.4 is 5.43 Å². The molecule has 0 atom stereocenters. The molecular weight excluding hydrogens is 384 g/mol. The molecule has 0 unspecified atom stereocenters. The van der Waals surface area contributed by atoms with E-state index < -0.39 is 0 Å². The second-order valence-electron chi connectivity index (χ2n) is 4.28. The average Bonchev–Trinajstić information content (AvgIpc) is 3.11. The molecule has 0 saturated heterocycles. The standard InChI is InChI=1S/C14H11BrN4OS2/c15-12-6-5-9(22-12)7-16-19-13(20)8-21-14-17-10-3-1-2-4-11(10)18-14/h1-7H,8H2,(H,17,18)(H,19,20)/b16-7-. The monoisotopic (exact) mass is 394 g/mol. The SMILES string of the molecule is O=C(CSc1nc2ccccc2[nH]1)N/N=C\c1ccc(Br)s1. The van der Waals surface area contributed by atoms with E-state index in [0.29, 0.717) is 0 Å². The molecule has 2 aromatic heterocycles. The van der Waals surface area contributed by atoms with Crippen molar-refractivity contribution in [3.63, 3.8) is 0 Å². The second kappa shape index (κ2) is 7.08. The van der Waals surface area contributed by atoms with Crippen LogP contribution in [-0.2, 0) is 4.79 Å². The van der Waals surface area contributed by atoms with E-state index in [4.69, 9.17) is 0 Å². The van der Waals surface area contributed by atoms with Crippen molar-refractivity contribution in [3.8, 4) is 0 Å². The van der Waals surface area contributed by atoms with Gasteiger partial charge in [-0.2, -0.15) is 5.10 Å². The maximum Gasteiger partial charge on any atom is 0.250 e. The highest BCUT2D eigenvalue weighted by Crippen LogP contribution is 2.20. The van der Waals surface area contributed by atoms with Gasteiger partial charge in [0.05, 0.1) is 26.8 Å². The van der Waals surface area contributed by atoms with Gasteiger partial charge in [-0.3, -0.25) is 4.79 Å². The minimum absolute atomic E-state index is 0.169. The van der Waals surface area contributed by atoms with Gasteiger partial charge in [0, 0.05) is 4.88 Å². The van der Waals surface area contributed by atoms with Crippen LogP contribution in [-0.4, -0.2) is 27.8 Å². The Balaban J connectivity index is 1.50. The zero-order valence-electron chi connectivity index (χ0n) is 11.2. The molecule has 1 aromatic carbocycles. The third kappa shape index (κ3) is 3.96. The molecule has 22 heavy (non-hydrogen) atoms. The molecule has 2 N–H and O–H groups in total. The van der Waals surface area contributed by atoms with Gasteiger partial charge in [-0.1, -0.05) is 23.9 Å². The normalized spacial score (nSPS) is 11.3. The Hall–Kier alpha value is -1.64. The fourth-order valence-corrected chi connectivity index (χ4v) is 3.70. The number of hydrogen-bond acceptors (Lipinski definition) is 5. The van der Waals surface area contributed by atoms with E-state index in [1.54, 1.807) is 17.6 Å². The van der Waals surface area contributed by atoms with E-state index in [2.05, 4.69) is 36.4 Å². The van der Waals surface area contributed by atoms with E-state index in [-0.39, 0.29) is 11.7 Å². The van der Waals surface area contributed by atoms with E-state index in [0.717, 1.165) is 24.9 Å². The number of halogens is 1. The smallest absolute Gasteiger partial charge is 0.250 e. The van der Waals surface area contributed by atoms with Gasteiger partial charge in [-0.05, 0) is 40.2 Å². The number of benzene rings is 1. The highest BCUT2D eigenvalue weighted by atomic mass is 79.9. The maximum absolute atomic E-state index is 11.7. The van der Waals surface area contributed by atoms with Crippen molar-refractivity contribution in [3.05, 3.63) is 45.1 Å². The summed E-state index contributed by atoms with van der Waals surface area (Å²) >= 11 is 6.27. The zero-order chi connectivity index (χ0) is 15.4. The molecule has 5 nitrogen and oxygen atoms in total. The van der Waals surface area contributed by atoms with Crippen molar-refractivity contribution in [2.24, 2.45) is 5.10 Å². The van der Waals surface area contributed by atoms with Gasteiger partial charge >= 0.3 is 0 Å². The Bertz CT molecular complexity index is 794. The summed E-state index contributed by atoms with van der Waals surface area (Å²) in [5.41, 5.74) is 4.36. The first-order chi connectivity index (χ1) is 10.7. The molecule has 8 heteroatoms. The quantitative estimate of drug-likeness (QED) is 0.394. The van der Waals surface area contributed by atoms with Gasteiger partial charge in [-0.25, -0.2) is 10.4 Å². The van der Waals surface area contributed by atoms with Crippen molar-refractivity contribution < 1.29 is 4.79 Å². The Morgan fingerprint density at radius 2 is 2.27 bits per heavy atom. The average molecular weight is 395 g/mol. The van der Waals surface area contributed by atoms with Crippen LogP contribution in [0.4, 0.5) is 0 Å². The van der Waals surface area contributed by atoms with Gasteiger partial charge in [0.15, 0.2) is 5.16 Å². The summed E-state index contributed by atoms with van der Waals surface area (Å²) < 4.78 is 1.03. The zero-order valence-corrected chi connectivity index (χ0v) is 14.5. The van der Waals surface area contributed by atoms with E-state index >= 15 is 0 Å². The van der Waals surface area contributed by atoms with Crippen LogP contribution in [0.2, 0.25) is 0 Å². The lowest BCUT2D eigenvalue weighted by Gasteiger charge is -1.97. The summed E-state index contributed by atoms with van der Waals surface area (Å²) in [6.45, 7) is 0. The van der Waals surface area contributed by atoms with Crippen molar-refractivity contribution in [2.75, 3.05) is 5.75 Å². The summed E-state index contributed by atoms with van der Waals surface area (Å²) in [7, 11) is 0. The lowest BCUT2D eigenvalue weighted by Crippen LogP contribution is -2.19. The van der Waals surface area contributed by atoms with E-state index in [1.165, 1.54) is 11.8 Å². The summed E-state index contributed by atoms with van der Waals surface area (Å²) in [5.74, 6) is 0.0861. The molecule has 0 fully saturated rings. The molecule has 0 aliphatic heterocycles. The number of thioether (sulfide) groups is 1. The summed E-state index contributed by atoms with van der Waals surface area (Å²) in [5, 5.41) is 4.66. The van der Waals surface area contributed by atoms with Crippen LogP contribution in [0.25, 0.3) is 11.0 Å². The second-order valence-corrected chi connectivity index (χ2v) is 7.74. The number of rotatable bonds is 5. The maximum atomic E-state index is 11.7. The Labute approximate surface area is 143 Å². The van der Waals surface area contributed by atoms with Crippen LogP contribution in [0.3, 0.4) is 0 Å². The third-order valence-electron chi connectivity index (χ3n) is 2.68. The van der Waals surface area contributed by atoms with Crippen molar-refractivity contribution in [2.45, 2.75) is 5.16 Å². The lowest BCUT2D eigenvalue weighted by molar-refractivity contribution is -0.118. The molecule has 2 heterocycles. The number of thiophene rings is 1. The molecule has 112 valence electrons. The molecule has 0 spiro atoms. The molecule has 0 bridgehead atoms. The van der Waals surface area contributed by atoms with Crippen LogP contribution in [0.5, 0.6) is 0 Å². The van der Waals surface area contributed by atoms with Crippen molar-refractivity contribution in [1.82, 2.24) is 15.4 Å². The largest absolute Gasteiger partial charge is 0.333 e. The third-order valence-corrected chi connectivity index (χ3v) is 5.11. The molecule has 0 aliphatic carbocycles. The highest BCUT2D eigenvalue weighted by Gasteiger charge is 2.06. The molecule has 0 aliphatic rings. The number of carbonyl (C=O) groups is 1. The lowest BCUT2D eigenvalue weighted by atomic mass is 10.3. The molecule has 0 saturated carbocycles. The number of nitrogens with zero attached hydrogens (tertiary/aromatic N) is 2. The van der Waals surface area contributed by atoms with Crippen molar-refractivity contribution in [1.29, 1.82) is 0 Å². The number of para-hydroxylation sites is 2. The van der Waals surface area contributed by atoms with Gasteiger partial charge in [0.25, 0.3) is 5.91 Å². The Morgan fingerprint density at radius 3 is 3.05 bits per heavy atom. The number of nitrogens with one attached hydrogen (secondary N) is 2. The number of hydrogen-bond donors (Lipinski definition) is 2. The highest BCUT2D eigenvalue weighted by molar-refractivity contribution is 9.11. The number of aromatic nitrogens is 2. The predicted octanol–water partition coefficient (Wildman–Crippen LogP) is 3.63. The topological polar surface area (TPSA) is 70.1 Å². The first-order valence-corrected chi connectivity index (χ1v) is 8.95. The number of amides is 1. The molecule has 3 aromatic rings. The molecular formula is C14H11BrN4OS2. The summed E-state index contributed by atoms with van der Waals surface area (Å²) in [6, 6.07) is 11.6. The first kappa shape index (κ1) is 15.3. The minimum Gasteiger partial charge on any atom is -0.333 e. The Kier molecular flexibility index (Phi) is 4.91. The van der Waals surface area contributed by atoms with Crippen LogP contribution in [0.1, 0.15) is 4.88 Å². The Morgan fingerprint density at radius 1 is 1.41 bits per heavy atom. The molecule has 3 rings (SSSR count). The number of fused-ring (bicyclic) bond motifs is 1. The summed E-state index contributed by atoms with van der Waals surface area (Å²) in [4.78, 5) is 20.3. The number of aromatic amines is 1. The number of imidazole rings is 1.